The van der Waals surface area contributed by atoms with Crippen molar-refractivity contribution in [1.82, 2.24) is 0 Å². The topological polar surface area (TPSA) is 46.2 Å². The van der Waals surface area contributed by atoms with Gasteiger partial charge in [0.05, 0.1) is 6.61 Å². The second-order valence-corrected chi connectivity index (χ2v) is 1.42. The summed E-state index contributed by atoms with van der Waals surface area (Å²) in [7, 11) is 0. The predicted molar refractivity (Wildman–Crippen MR) is 31.7 cm³/mol. The number of aliphatic hydroxyl groups excluding tert-OH is 1. The van der Waals surface area contributed by atoms with Crippen molar-refractivity contribution in [1.29, 1.82) is 0 Å². The largest absolute Gasteiger partial charge is 0.392 e. The van der Waals surface area contributed by atoms with Crippen molar-refractivity contribution >= 4 is 0 Å². The third-order valence-corrected chi connectivity index (χ3v) is 0.765. The lowest BCUT2D eigenvalue weighted by Gasteiger charge is -2.10. The summed E-state index contributed by atoms with van der Waals surface area (Å²) >= 11 is 0. The van der Waals surface area contributed by atoms with E-state index in [1.54, 1.807) is 0 Å². The Bertz CT molecular complexity index is 135. The van der Waals surface area contributed by atoms with Crippen LogP contribution in [-0.4, -0.2) is 17.3 Å². The van der Waals surface area contributed by atoms with Gasteiger partial charge in [-0.05, 0) is 0 Å². The molecule has 0 amide bonds. The predicted octanol–water partition coefficient (Wildman–Crippen LogP) is -1.06. The summed E-state index contributed by atoms with van der Waals surface area (Å²) in [5.74, 6) is 4.14. The van der Waals surface area contributed by atoms with Gasteiger partial charge in [0.1, 0.15) is 0 Å². The lowest BCUT2D eigenvalue weighted by atomic mass is 10.1. The van der Waals surface area contributed by atoms with Crippen LogP contribution in [0, 0.1) is 24.7 Å². The molecule has 3 N–H and O–H groups in total. The van der Waals surface area contributed by atoms with Crippen molar-refractivity contribution in [2.24, 2.45) is 5.73 Å². The number of hydrogen-bond acceptors (Lipinski definition) is 2. The minimum atomic E-state index is -1.26. The highest BCUT2D eigenvalue weighted by atomic mass is 16.3. The maximum absolute atomic E-state index is 8.38. The van der Waals surface area contributed by atoms with Gasteiger partial charge < -0.3 is 10.8 Å². The molecule has 2 heteroatoms. The maximum Gasteiger partial charge on any atom is 0.162 e. The fraction of sp³-hybridized carbons (Fsp3) is 0.333. The van der Waals surface area contributed by atoms with Crippen LogP contribution in [0.15, 0.2) is 0 Å². The van der Waals surface area contributed by atoms with E-state index in [-0.39, 0.29) is 6.61 Å². The summed E-state index contributed by atoms with van der Waals surface area (Å²) in [6, 6.07) is 0. The molecule has 0 saturated heterocycles. The van der Waals surface area contributed by atoms with Gasteiger partial charge in [-0.2, -0.15) is 0 Å². The lowest BCUT2D eigenvalue weighted by molar-refractivity contribution is 0.262. The van der Waals surface area contributed by atoms with Crippen molar-refractivity contribution < 1.29 is 5.11 Å². The molecule has 42 valence electrons. The molecule has 0 fully saturated rings. The van der Waals surface area contributed by atoms with Gasteiger partial charge in [0.15, 0.2) is 5.54 Å². The van der Waals surface area contributed by atoms with Gasteiger partial charge in [-0.15, -0.1) is 12.8 Å². The minimum absolute atomic E-state index is 0.375. The van der Waals surface area contributed by atoms with E-state index in [1.165, 1.54) is 0 Å². The molecule has 0 bridgehead atoms. The van der Waals surface area contributed by atoms with Crippen LogP contribution >= 0.6 is 0 Å². The highest BCUT2D eigenvalue weighted by Gasteiger charge is 2.14. The molecule has 0 saturated carbocycles. The fourth-order valence-electron chi connectivity index (χ4n) is 0.133. The molecule has 0 aliphatic carbocycles. The Balaban J connectivity index is 4.11. The molecule has 0 unspecified atom stereocenters. The Morgan fingerprint density at radius 2 is 1.88 bits per heavy atom. The molecule has 0 radical (unpaired) electrons. The van der Waals surface area contributed by atoms with E-state index in [4.69, 9.17) is 23.7 Å². The zero-order chi connectivity index (χ0) is 6.62. The van der Waals surface area contributed by atoms with Crippen LogP contribution in [-0.2, 0) is 0 Å². The van der Waals surface area contributed by atoms with Gasteiger partial charge in [0.2, 0.25) is 0 Å². The highest BCUT2D eigenvalue weighted by molar-refractivity contribution is 5.27. The fourth-order valence-corrected chi connectivity index (χ4v) is 0.133. The van der Waals surface area contributed by atoms with E-state index >= 15 is 0 Å². The Kier molecular flexibility index (Phi) is 2.09. The Morgan fingerprint density at radius 1 is 1.50 bits per heavy atom. The molecule has 0 rings (SSSR count). The molecule has 2 nitrogen and oxygen atoms in total. The first kappa shape index (κ1) is 7.04. The number of rotatable bonds is 1. The molecule has 0 heterocycles. The summed E-state index contributed by atoms with van der Waals surface area (Å²) in [5, 5.41) is 8.38. The number of aliphatic hydroxyl groups is 1. The van der Waals surface area contributed by atoms with Crippen LogP contribution in [0.2, 0.25) is 0 Å². The summed E-state index contributed by atoms with van der Waals surface area (Å²) in [5.41, 5.74) is 3.91. The smallest absolute Gasteiger partial charge is 0.162 e. The van der Waals surface area contributed by atoms with Gasteiger partial charge in [0, 0.05) is 0 Å². The Morgan fingerprint density at radius 3 is 1.88 bits per heavy atom. The zero-order valence-corrected chi connectivity index (χ0v) is 4.39. The summed E-state index contributed by atoms with van der Waals surface area (Å²) in [6.07, 6.45) is 9.70. The summed E-state index contributed by atoms with van der Waals surface area (Å²) in [4.78, 5) is 0. The highest BCUT2D eigenvalue weighted by Crippen LogP contribution is 1.91. The first-order valence-electron chi connectivity index (χ1n) is 2.04. The van der Waals surface area contributed by atoms with Crippen LogP contribution in [0.5, 0.6) is 0 Å². The molecule has 0 spiro atoms. The van der Waals surface area contributed by atoms with Crippen LogP contribution < -0.4 is 5.73 Å². The van der Waals surface area contributed by atoms with Crippen molar-refractivity contribution in [2.75, 3.05) is 6.61 Å². The third kappa shape index (κ3) is 1.27. The first-order chi connectivity index (χ1) is 3.68. The monoisotopic (exact) mass is 109 g/mol. The zero-order valence-electron chi connectivity index (χ0n) is 4.39. The normalized spacial score (nSPS) is 9.50. The lowest BCUT2D eigenvalue weighted by Crippen LogP contribution is -2.40. The SMILES string of the molecule is C#CC(N)(C#C)CO. The van der Waals surface area contributed by atoms with Gasteiger partial charge in [-0.3, -0.25) is 0 Å². The minimum Gasteiger partial charge on any atom is -0.392 e. The summed E-state index contributed by atoms with van der Waals surface area (Å²) in [6.45, 7) is -0.375. The van der Waals surface area contributed by atoms with E-state index in [0.29, 0.717) is 0 Å². The Hall–Kier alpha value is -0.960. The summed E-state index contributed by atoms with van der Waals surface area (Å²) < 4.78 is 0. The van der Waals surface area contributed by atoms with Crippen molar-refractivity contribution in [3.63, 3.8) is 0 Å². The number of nitrogens with two attached hydrogens (primary N) is 1. The molecule has 0 atom stereocenters. The van der Waals surface area contributed by atoms with Crippen LogP contribution in [0.1, 0.15) is 0 Å². The quantitative estimate of drug-likeness (QED) is 0.422. The molecule has 0 aliphatic rings. The average Bonchev–Trinajstić information content (AvgIpc) is 1.87. The van der Waals surface area contributed by atoms with Crippen LogP contribution in [0.25, 0.3) is 0 Å². The van der Waals surface area contributed by atoms with E-state index < -0.39 is 5.54 Å². The van der Waals surface area contributed by atoms with Gasteiger partial charge in [0.25, 0.3) is 0 Å². The molecule has 0 aromatic heterocycles. The molecule has 0 aliphatic heterocycles. The van der Waals surface area contributed by atoms with E-state index in [0.717, 1.165) is 0 Å². The molecule has 8 heavy (non-hydrogen) atoms. The molecule has 0 aromatic carbocycles. The van der Waals surface area contributed by atoms with Crippen LogP contribution in [0.3, 0.4) is 0 Å². The number of terminal acetylenes is 2. The molecular weight excluding hydrogens is 102 g/mol. The van der Waals surface area contributed by atoms with Crippen molar-refractivity contribution in [3.05, 3.63) is 0 Å². The average molecular weight is 109 g/mol. The van der Waals surface area contributed by atoms with Crippen molar-refractivity contribution in [3.8, 4) is 24.7 Å². The van der Waals surface area contributed by atoms with Crippen molar-refractivity contribution in [2.45, 2.75) is 5.54 Å². The standard InChI is InChI=1S/C6H7NO/c1-3-6(7,4-2)5-8/h1-2,8H,5,7H2. The maximum atomic E-state index is 8.38. The molecule has 0 aromatic rings. The third-order valence-electron chi connectivity index (χ3n) is 0.765. The van der Waals surface area contributed by atoms with Gasteiger partial charge >= 0.3 is 0 Å². The Labute approximate surface area is 48.7 Å². The van der Waals surface area contributed by atoms with Gasteiger partial charge in [-0.1, -0.05) is 11.8 Å². The number of hydrogen-bond donors (Lipinski definition) is 2. The molecular formula is C6H7NO. The first-order valence-corrected chi connectivity index (χ1v) is 2.04. The second-order valence-electron chi connectivity index (χ2n) is 1.42. The van der Waals surface area contributed by atoms with Crippen LogP contribution in [0.4, 0.5) is 0 Å². The van der Waals surface area contributed by atoms with E-state index in [2.05, 4.69) is 11.8 Å². The van der Waals surface area contributed by atoms with Gasteiger partial charge in [-0.25, -0.2) is 0 Å². The van der Waals surface area contributed by atoms with E-state index in [1.807, 2.05) is 0 Å². The second kappa shape index (κ2) is 2.37. The van der Waals surface area contributed by atoms with E-state index in [9.17, 15) is 0 Å².